The Bertz CT molecular complexity index is 320. The minimum Gasteiger partial charge on any atom is -0.461 e. The summed E-state index contributed by atoms with van der Waals surface area (Å²) >= 11 is 4.97. The Balaban J connectivity index is 2.22. The molecule has 0 saturated heterocycles. The number of thiophene rings is 1. The largest absolute Gasteiger partial charge is 0.461 e. The number of hydrogen-bond donors (Lipinski definition) is 0. The molecule has 1 rings (SSSR count). The Morgan fingerprint density at radius 3 is 2.87 bits per heavy atom. The molecule has 4 heteroatoms. The zero-order chi connectivity index (χ0) is 11.3. The number of carbonyl (C=O) groups excluding carboxylic acids is 1. The molecule has 0 aliphatic rings. The van der Waals surface area contributed by atoms with Gasteiger partial charge in [0.15, 0.2) is 0 Å². The van der Waals surface area contributed by atoms with E-state index in [1.807, 2.05) is 11.4 Å². The molecule has 0 unspecified atom stereocenters. The summed E-state index contributed by atoms with van der Waals surface area (Å²) in [6.45, 7) is 4.59. The van der Waals surface area contributed by atoms with Crippen molar-refractivity contribution in [3.8, 4) is 0 Å². The molecule has 1 heterocycles. The minimum absolute atomic E-state index is 0.106. The predicted octanol–water partition coefficient (Wildman–Crippen LogP) is 3.99. The van der Waals surface area contributed by atoms with Gasteiger partial charge >= 0.3 is 5.97 Å². The van der Waals surface area contributed by atoms with Crippen molar-refractivity contribution in [1.29, 1.82) is 0 Å². The molecule has 84 valence electrons. The molecular weight excluding hydrogens is 276 g/mol. The Labute approximate surface area is 103 Å². The van der Waals surface area contributed by atoms with Crippen LogP contribution in [-0.4, -0.2) is 5.97 Å². The second-order valence-electron chi connectivity index (χ2n) is 3.85. The first-order valence-corrected chi connectivity index (χ1v) is 6.63. The van der Waals surface area contributed by atoms with Crippen molar-refractivity contribution in [2.75, 3.05) is 0 Å². The molecule has 2 nitrogen and oxygen atoms in total. The third kappa shape index (κ3) is 5.33. The van der Waals surface area contributed by atoms with Crippen LogP contribution in [0.1, 0.15) is 32.3 Å². The van der Waals surface area contributed by atoms with Gasteiger partial charge in [0, 0.05) is 12.0 Å². The summed E-state index contributed by atoms with van der Waals surface area (Å²) in [5.41, 5.74) is 1.05. The normalized spacial score (nSPS) is 10.7. The summed E-state index contributed by atoms with van der Waals surface area (Å²) in [6, 6.07) is 1.97. The molecule has 15 heavy (non-hydrogen) atoms. The standard InChI is InChI=1S/C11H15BrO2S/c1-8(2)3-4-11(13)14-6-9-5-10(12)15-7-9/h5,7-8H,3-4,6H2,1-2H3. The van der Waals surface area contributed by atoms with E-state index in [0.29, 0.717) is 18.9 Å². The second-order valence-corrected chi connectivity index (χ2v) is 6.14. The summed E-state index contributed by atoms with van der Waals surface area (Å²) in [5.74, 6) is 0.443. The fourth-order valence-corrected chi connectivity index (χ4v) is 2.26. The molecule has 0 spiro atoms. The van der Waals surface area contributed by atoms with Crippen LogP contribution in [0, 0.1) is 5.92 Å². The summed E-state index contributed by atoms with van der Waals surface area (Å²) in [7, 11) is 0. The van der Waals surface area contributed by atoms with E-state index in [1.54, 1.807) is 11.3 Å². The number of carbonyl (C=O) groups is 1. The van der Waals surface area contributed by atoms with Gasteiger partial charge in [0.1, 0.15) is 6.61 Å². The highest BCUT2D eigenvalue weighted by atomic mass is 79.9. The van der Waals surface area contributed by atoms with Crippen LogP contribution in [0.2, 0.25) is 0 Å². The van der Waals surface area contributed by atoms with Crippen LogP contribution >= 0.6 is 27.3 Å². The average molecular weight is 291 g/mol. The Hall–Kier alpha value is -0.350. The van der Waals surface area contributed by atoms with Crippen LogP contribution in [-0.2, 0) is 16.1 Å². The van der Waals surface area contributed by atoms with Crippen molar-refractivity contribution in [3.05, 3.63) is 20.8 Å². The highest BCUT2D eigenvalue weighted by molar-refractivity contribution is 9.11. The van der Waals surface area contributed by atoms with E-state index in [1.165, 1.54) is 0 Å². The Morgan fingerprint density at radius 1 is 1.60 bits per heavy atom. The smallest absolute Gasteiger partial charge is 0.306 e. The Kier molecular flexibility index (Phi) is 5.32. The monoisotopic (exact) mass is 290 g/mol. The van der Waals surface area contributed by atoms with Gasteiger partial charge in [-0.1, -0.05) is 13.8 Å². The van der Waals surface area contributed by atoms with Crippen LogP contribution < -0.4 is 0 Å². The first-order valence-electron chi connectivity index (χ1n) is 4.96. The number of halogens is 1. The Morgan fingerprint density at radius 2 is 2.33 bits per heavy atom. The highest BCUT2D eigenvalue weighted by Gasteiger charge is 2.05. The van der Waals surface area contributed by atoms with E-state index in [4.69, 9.17) is 4.74 Å². The minimum atomic E-state index is -0.106. The van der Waals surface area contributed by atoms with Crippen molar-refractivity contribution in [3.63, 3.8) is 0 Å². The highest BCUT2D eigenvalue weighted by Crippen LogP contribution is 2.21. The number of rotatable bonds is 5. The molecule has 0 aliphatic carbocycles. The molecule has 0 atom stereocenters. The summed E-state index contributed by atoms with van der Waals surface area (Å²) < 4.78 is 6.20. The van der Waals surface area contributed by atoms with Gasteiger partial charge in [-0.3, -0.25) is 4.79 Å². The summed E-state index contributed by atoms with van der Waals surface area (Å²) in [5, 5.41) is 1.99. The van der Waals surface area contributed by atoms with Gasteiger partial charge in [0.05, 0.1) is 3.79 Å². The van der Waals surface area contributed by atoms with Crippen LogP contribution in [0.25, 0.3) is 0 Å². The zero-order valence-corrected chi connectivity index (χ0v) is 11.4. The van der Waals surface area contributed by atoms with Crippen molar-refractivity contribution in [1.82, 2.24) is 0 Å². The molecule has 0 N–H and O–H groups in total. The first kappa shape index (κ1) is 12.7. The number of esters is 1. The van der Waals surface area contributed by atoms with Gasteiger partial charge in [-0.15, -0.1) is 11.3 Å². The van der Waals surface area contributed by atoms with E-state index in [-0.39, 0.29) is 5.97 Å². The predicted molar refractivity (Wildman–Crippen MR) is 65.9 cm³/mol. The van der Waals surface area contributed by atoms with Crippen molar-refractivity contribution >= 4 is 33.2 Å². The topological polar surface area (TPSA) is 26.3 Å². The van der Waals surface area contributed by atoms with Gasteiger partial charge in [-0.25, -0.2) is 0 Å². The lowest BCUT2D eigenvalue weighted by atomic mass is 10.1. The molecule has 0 aromatic carbocycles. The molecule has 0 fully saturated rings. The fourth-order valence-electron chi connectivity index (χ4n) is 1.06. The van der Waals surface area contributed by atoms with Crippen LogP contribution in [0.4, 0.5) is 0 Å². The van der Waals surface area contributed by atoms with Gasteiger partial charge in [0.2, 0.25) is 0 Å². The molecule has 0 saturated carbocycles. The van der Waals surface area contributed by atoms with Gasteiger partial charge in [0.25, 0.3) is 0 Å². The lowest BCUT2D eigenvalue weighted by molar-refractivity contribution is -0.145. The zero-order valence-electron chi connectivity index (χ0n) is 8.96. The van der Waals surface area contributed by atoms with E-state index in [0.717, 1.165) is 15.8 Å². The molecule has 0 bridgehead atoms. The quantitative estimate of drug-likeness (QED) is 0.767. The van der Waals surface area contributed by atoms with Crippen molar-refractivity contribution in [2.45, 2.75) is 33.3 Å². The van der Waals surface area contributed by atoms with Crippen molar-refractivity contribution < 1.29 is 9.53 Å². The molecule has 0 radical (unpaired) electrons. The van der Waals surface area contributed by atoms with Gasteiger partial charge in [-0.05, 0) is 39.7 Å². The molecule has 1 aromatic heterocycles. The lowest BCUT2D eigenvalue weighted by Crippen LogP contribution is -2.05. The SMILES string of the molecule is CC(C)CCC(=O)OCc1csc(Br)c1. The molecule has 0 aliphatic heterocycles. The first-order chi connectivity index (χ1) is 7.08. The second kappa shape index (κ2) is 6.28. The van der Waals surface area contributed by atoms with Crippen LogP contribution in [0.15, 0.2) is 15.2 Å². The maximum atomic E-state index is 11.3. The number of ether oxygens (including phenoxy) is 1. The van der Waals surface area contributed by atoms with E-state index < -0.39 is 0 Å². The van der Waals surface area contributed by atoms with E-state index in [2.05, 4.69) is 29.8 Å². The van der Waals surface area contributed by atoms with E-state index >= 15 is 0 Å². The maximum Gasteiger partial charge on any atom is 0.306 e. The van der Waals surface area contributed by atoms with Gasteiger partial charge < -0.3 is 4.74 Å². The van der Waals surface area contributed by atoms with Crippen LogP contribution in [0.5, 0.6) is 0 Å². The van der Waals surface area contributed by atoms with Gasteiger partial charge in [-0.2, -0.15) is 0 Å². The summed E-state index contributed by atoms with van der Waals surface area (Å²) in [4.78, 5) is 11.3. The van der Waals surface area contributed by atoms with E-state index in [9.17, 15) is 4.79 Å². The summed E-state index contributed by atoms with van der Waals surface area (Å²) in [6.07, 6.45) is 1.41. The van der Waals surface area contributed by atoms with Crippen molar-refractivity contribution in [2.24, 2.45) is 5.92 Å². The third-order valence-corrected chi connectivity index (χ3v) is 3.50. The molecule has 0 amide bonds. The average Bonchev–Trinajstić information content (AvgIpc) is 2.58. The maximum absolute atomic E-state index is 11.3. The lowest BCUT2D eigenvalue weighted by Gasteiger charge is -2.05. The number of hydrogen-bond acceptors (Lipinski definition) is 3. The molecular formula is C11H15BrO2S. The fraction of sp³-hybridized carbons (Fsp3) is 0.545. The molecule has 1 aromatic rings. The van der Waals surface area contributed by atoms with Crippen LogP contribution in [0.3, 0.4) is 0 Å². The third-order valence-electron chi connectivity index (χ3n) is 1.95.